The Morgan fingerprint density at radius 1 is 1.00 bits per heavy atom. The minimum Gasteiger partial charge on any atom is -0.339 e. The van der Waals surface area contributed by atoms with Gasteiger partial charge in [0.2, 0.25) is 5.89 Å². The number of aromatic nitrogens is 3. The molecule has 0 aliphatic heterocycles. The highest BCUT2D eigenvalue weighted by Crippen LogP contribution is 2.33. The van der Waals surface area contributed by atoms with Gasteiger partial charge < -0.3 is 4.52 Å². The molecule has 0 atom stereocenters. The zero-order valence-corrected chi connectivity index (χ0v) is 23.5. The normalized spacial score (nSPS) is 11.2. The molecule has 0 aliphatic carbocycles. The van der Waals surface area contributed by atoms with Crippen LogP contribution >= 0.6 is 12.0 Å². The Balaban J connectivity index is 0.000000187. The first-order valence-electron chi connectivity index (χ1n) is 12.5. The maximum Gasteiger partial charge on any atom is 0.231 e. The quantitative estimate of drug-likeness (QED) is 0.0902. The highest BCUT2D eigenvalue weighted by atomic mass is 32.2. The summed E-state index contributed by atoms with van der Waals surface area (Å²) in [5.74, 6) is 1.27. The van der Waals surface area contributed by atoms with Crippen LogP contribution in [0.4, 0.5) is 0 Å². The Kier molecular flexibility index (Phi) is 9.24. The molecule has 0 unspecified atom stereocenters. The first-order chi connectivity index (χ1) is 18.8. The van der Waals surface area contributed by atoms with Crippen molar-refractivity contribution in [3.8, 4) is 11.1 Å². The van der Waals surface area contributed by atoms with E-state index in [2.05, 4.69) is 59.0 Å². The number of aldehydes is 1. The fourth-order valence-electron chi connectivity index (χ4n) is 3.95. The van der Waals surface area contributed by atoms with Crippen molar-refractivity contribution in [2.45, 2.75) is 44.4 Å². The number of hydrogen-bond acceptors (Lipinski definition) is 8. The molecule has 2 heterocycles. The van der Waals surface area contributed by atoms with Crippen molar-refractivity contribution in [3.63, 3.8) is 0 Å². The first-order valence-corrected chi connectivity index (χ1v) is 13.2. The van der Waals surface area contributed by atoms with Crippen molar-refractivity contribution in [1.82, 2.24) is 15.1 Å². The molecular weight excluding hydrogens is 510 g/mol. The van der Waals surface area contributed by atoms with Gasteiger partial charge in [0.25, 0.3) is 0 Å². The van der Waals surface area contributed by atoms with E-state index in [0.29, 0.717) is 23.7 Å². The number of carbonyl (C=O) groups is 1. The molecule has 39 heavy (non-hydrogen) atoms. The molecule has 7 nitrogen and oxygen atoms in total. The van der Waals surface area contributed by atoms with Crippen LogP contribution in [0.25, 0.3) is 22.0 Å². The van der Waals surface area contributed by atoms with Crippen LogP contribution in [0.15, 0.2) is 88.4 Å². The van der Waals surface area contributed by atoms with E-state index in [1.807, 2.05) is 60.8 Å². The van der Waals surface area contributed by atoms with Crippen LogP contribution < -0.4 is 0 Å². The van der Waals surface area contributed by atoms with Gasteiger partial charge in [-0.1, -0.05) is 62.3 Å². The van der Waals surface area contributed by atoms with Gasteiger partial charge >= 0.3 is 0 Å². The highest BCUT2D eigenvalue weighted by Gasteiger charge is 2.17. The average molecular weight is 542 g/mol. The summed E-state index contributed by atoms with van der Waals surface area (Å²) in [6.07, 6.45) is 3.33. The van der Waals surface area contributed by atoms with Crippen molar-refractivity contribution >= 4 is 29.2 Å². The highest BCUT2D eigenvalue weighted by molar-refractivity contribution is 7.94. The van der Waals surface area contributed by atoms with Crippen molar-refractivity contribution in [3.05, 3.63) is 107 Å². The maximum atomic E-state index is 11.1. The lowest BCUT2D eigenvalue weighted by Gasteiger charge is -2.21. The Labute approximate surface area is 232 Å². The van der Waals surface area contributed by atoms with Gasteiger partial charge in [-0.05, 0) is 65.4 Å². The standard InChI is InChI=1S/C20H19NO.C11H12N2O3S/c1-20(2,3)17-11-16-8-5-9-21-19(16)18(12-17)15-7-4-6-14(10-15)13-22;1-8-12-11(15-13-8)7-9-3-5-10(6-4-9)17-16-14-2/h4-13H,1-3H3;3-6H,7H2,1-2H3. The molecule has 0 aliphatic rings. The molecule has 0 saturated heterocycles. The third kappa shape index (κ3) is 7.60. The number of pyridine rings is 1. The van der Waals surface area contributed by atoms with E-state index in [1.165, 1.54) is 24.7 Å². The summed E-state index contributed by atoms with van der Waals surface area (Å²) < 4.78 is 9.81. The second kappa shape index (κ2) is 12.8. The number of rotatable bonds is 7. The lowest BCUT2D eigenvalue weighted by Crippen LogP contribution is -2.11. The Hall–Kier alpha value is -3.85. The van der Waals surface area contributed by atoms with Gasteiger partial charge in [-0.15, -0.1) is 0 Å². The van der Waals surface area contributed by atoms with E-state index in [-0.39, 0.29) is 5.41 Å². The predicted molar refractivity (Wildman–Crippen MR) is 154 cm³/mol. The summed E-state index contributed by atoms with van der Waals surface area (Å²) in [5.41, 5.74) is 6.18. The number of fused-ring (bicyclic) bond motifs is 1. The lowest BCUT2D eigenvalue weighted by atomic mass is 9.84. The topological polar surface area (TPSA) is 87.3 Å². The molecule has 3 aromatic carbocycles. The largest absolute Gasteiger partial charge is 0.339 e. The third-order valence-corrected chi connectivity index (χ3v) is 6.62. The molecule has 0 fully saturated rings. The number of aryl methyl sites for hydroxylation is 1. The van der Waals surface area contributed by atoms with Gasteiger partial charge in [-0.3, -0.25) is 9.78 Å². The average Bonchev–Trinajstić information content (AvgIpc) is 3.36. The summed E-state index contributed by atoms with van der Waals surface area (Å²) >= 11 is 1.17. The van der Waals surface area contributed by atoms with Gasteiger partial charge in [0, 0.05) is 27.6 Å². The van der Waals surface area contributed by atoms with Crippen molar-refractivity contribution in [1.29, 1.82) is 0 Å². The van der Waals surface area contributed by atoms with Gasteiger partial charge in [-0.2, -0.15) is 9.32 Å². The van der Waals surface area contributed by atoms with E-state index < -0.39 is 0 Å². The smallest absolute Gasteiger partial charge is 0.231 e. The number of carbonyl (C=O) groups excluding carboxylic acids is 1. The number of hydrogen-bond donors (Lipinski definition) is 0. The van der Waals surface area contributed by atoms with E-state index in [0.717, 1.165) is 38.8 Å². The van der Waals surface area contributed by atoms with Crippen LogP contribution in [0.5, 0.6) is 0 Å². The Bertz CT molecular complexity index is 1540. The second-order valence-electron chi connectivity index (χ2n) is 9.97. The van der Waals surface area contributed by atoms with Gasteiger partial charge in [0.1, 0.15) is 6.29 Å². The molecule has 5 aromatic rings. The third-order valence-electron chi connectivity index (χ3n) is 5.95. The summed E-state index contributed by atoms with van der Waals surface area (Å²) in [6, 6.07) is 24.0. The first kappa shape index (κ1) is 28.2. The lowest BCUT2D eigenvalue weighted by molar-refractivity contribution is -0.160. The maximum absolute atomic E-state index is 11.1. The molecule has 0 N–H and O–H groups in total. The number of nitrogens with zero attached hydrogens (tertiary/aromatic N) is 3. The second-order valence-corrected chi connectivity index (χ2v) is 10.7. The van der Waals surface area contributed by atoms with Gasteiger partial charge in [0.15, 0.2) is 5.82 Å². The van der Waals surface area contributed by atoms with E-state index in [1.54, 1.807) is 6.92 Å². The van der Waals surface area contributed by atoms with E-state index >= 15 is 0 Å². The SMILES string of the molecule is CC(C)(C)c1cc(-c2cccc(C=O)c2)c2ncccc2c1.COOSc1ccc(Cc2nc(C)no2)cc1. The fourth-order valence-corrected chi connectivity index (χ4v) is 4.34. The van der Waals surface area contributed by atoms with Crippen LogP contribution in [0, 0.1) is 6.92 Å². The van der Waals surface area contributed by atoms with Gasteiger partial charge in [-0.25, -0.2) is 4.89 Å². The number of benzene rings is 3. The van der Waals surface area contributed by atoms with Gasteiger partial charge in [0.05, 0.1) is 31.1 Å². The van der Waals surface area contributed by atoms with Crippen LogP contribution in [0.1, 0.15) is 54.0 Å². The molecule has 200 valence electrons. The zero-order valence-electron chi connectivity index (χ0n) is 22.7. The summed E-state index contributed by atoms with van der Waals surface area (Å²) in [6.45, 7) is 8.41. The van der Waals surface area contributed by atoms with E-state index in [4.69, 9.17) is 8.86 Å². The molecular formula is C31H31N3O4S. The molecule has 0 spiro atoms. The molecule has 8 heteroatoms. The molecule has 0 bridgehead atoms. The zero-order chi connectivity index (χ0) is 27.8. The van der Waals surface area contributed by atoms with Crippen molar-refractivity contribution < 1.29 is 18.5 Å². The molecule has 0 radical (unpaired) electrons. The molecule has 5 rings (SSSR count). The summed E-state index contributed by atoms with van der Waals surface area (Å²) in [4.78, 5) is 25.2. The Morgan fingerprint density at radius 2 is 1.79 bits per heavy atom. The molecule has 0 amide bonds. The summed E-state index contributed by atoms with van der Waals surface area (Å²) in [7, 11) is 1.47. The van der Waals surface area contributed by atoms with Crippen LogP contribution in [-0.2, 0) is 21.1 Å². The van der Waals surface area contributed by atoms with Crippen molar-refractivity contribution in [2.24, 2.45) is 0 Å². The predicted octanol–water partition coefficient (Wildman–Crippen LogP) is 7.57. The van der Waals surface area contributed by atoms with Crippen molar-refractivity contribution in [2.75, 3.05) is 7.11 Å². The van der Waals surface area contributed by atoms with Crippen LogP contribution in [0.2, 0.25) is 0 Å². The summed E-state index contributed by atoms with van der Waals surface area (Å²) in [5, 5.41) is 4.87. The fraction of sp³-hybridized carbons (Fsp3) is 0.226. The van der Waals surface area contributed by atoms with Crippen LogP contribution in [-0.4, -0.2) is 28.5 Å². The minimum atomic E-state index is 0.0566. The molecule has 0 saturated carbocycles. The molecule has 2 aromatic heterocycles. The monoisotopic (exact) mass is 541 g/mol. The Morgan fingerprint density at radius 3 is 2.46 bits per heavy atom. The minimum absolute atomic E-state index is 0.0566. The van der Waals surface area contributed by atoms with Crippen LogP contribution in [0.3, 0.4) is 0 Å². The van der Waals surface area contributed by atoms with E-state index in [9.17, 15) is 4.79 Å².